The zero-order valence-electron chi connectivity index (χ0n) is 12.5. The number of hydrogen-bond acceptors (Lipinski definition) is 3. The van der Waals surface area contributed by atoms with Gasteiger partial charge in [0.25, 0.3) is 0 Å². The van der Waals surface area contributed by atoms with Gasteiger partial charge in [-0.2, -0.15) is 0 Å². The highest BCUT2D eigenvalue weighted by Crippen LogP contribution is 2.22. The second-order valence-electron chi connectivity index (χ2n) is 5.07. The Morgan fingerprint density at radius 1 is 1.46 bits per heavy atom. The number of aromatic nitrogens is 2. The maximum Gasteiger partial charge on any atom is 0.244 e. The van der Waals surface area contributed by atoms with Crippen LogP contribution in [0.25, 0.3) is 11.0 Å². The summed E-state index contributed by atoms with van der Waals surface area (Å²) in [7, 11) is 0. The van der Waals surface area contributed by atoms with Gasteiger partial charge in [0.2, 0.25) is 5.91 Å². The average Bonchev–Trinajstić information content (AvgIpc) is 3.05. The lowest BCUT2D eigenvalue weighted by Crippen LogP contribution is -2.25. The fourth-order valence-electron chi connectivity index (χ4n) is 2.27. The van der Waals surface area contributed by atoms with Gasteiger partial charge in [0, 0.05) is 29.3 Å². The Morgan fingerprint density at radius 3 is 3.00 bits per heavy atom. The van der Waals surface area contributed by atoms with Gasteiger partial charge in [-0.15, -0.1) is 11.3 Å². The zero-order chi connectivity index (χ0) is 17.3. The van der Waals surface area contributed by atoms with Crippen molar-refractivity contribution in [3.8, 4) is 0 Å². The second kappa shape index (κ2) is 6.70. The van der Waals surface area contributed by atoms with Gasteiger partial charge in [-0.1, -0.05) is 17.7 Å². The number of fused-ring (bicyclic) bond motifs is 1. The smallest absolute Gasteiger partial charge is 0.244 e. The lowest BCUT2D eigenvalue weighted by Gasteiger charge is -2.13. The molecule has 0 radical (unpaired) electrons. The van der Waals surface area contributed by atoms with Crippen molar-refractivity contribution >= 4 is 39.9 Å². The summed E-state index contributed by atoms with van der Waals surface area (Å²) in [4.78, 5) is 16.9. The predicted octanol–water partition coefficient (Wildman–Crippen LogP) is 4.22. The first kappa shape index (κ1) is 16.6. The van der Waals surface area contributed by atoms with Crippen molar-refractivity contribution in [3.63, 3.8) is 0 Å². The first-order chi connectivity index (χ1) is 11.5. The molecule has 0 aliphatic carbocycles. The molecule has 24 heavy (non-hydrogen) atoms. The summed E-state index contributed by atoms with van der Waals surface area (Å²) in [6, 6.07) is 2.63. The molecule has 0 aliphatic rings. The molecular weight excluding hydrogens is 356 g/mol. The van der Waals surface area contributed by atoms with E-state index in [1.807, 2.05) is 5.38 Å². The fourth-order valence-corrected chi connectivity index (χ4v) is 3.28. The summed E-state index contributed by atoms with van der Waals surface area (Å²) < 4.78 is 28.4. The monoisotopic (exact) mass is 367 g/mol. The molecule has 4 nitrogen and oxygen atoms in total. The predicted molar refractivity (Wildman–Crippen MR) is 90.0 cm³/mol. The molecule has 2 heterocycles. The van der Waals surface area contributed by atoms with Gasteiger partial charge < -0.3 is 5.32 Å². The summed E-state index contributed by atoms with van der Waals surface area (Å²) in [6.45, 7) is 1.62. The minimum atomic E-state index is -0.703. The Labute approximate surface area is 145 Å². The maximum atomic E-state index is 13.7. The number of nitrogens with one attached hydrogen (secondary N) is 1. The van der Waals surface area contributed by atoms with E-state index in [0.717, 1.165) is 17.1 Å². The normalized spacial score (nSPS) is 12.8. The van der Waals surface area contributed by atoms with Crippen LogP contribution < -0.4 is 5.32 Å². The molecule has 124 valence electrons. The Bertz CT molecular complexity index is 935. The van der Waals surface area contributed by atoms with Gasteiger partial charge in [0.1, 0.15) is 11.6 Å². The largest absolute Gasteiger partial charge is 0.346 e. The van der Waals surface area contributed by atoms with Crippen LogP contribution in [0.4, 0.5) is 8.78 Å². The molecule has 3 aromatic rings. The standard InChI is InChI=1S/C16H12ClF2N3OS/c1-9(11-3-2-10(18)8-12(11)19)20-14(23)5-4-13-15(17)21-16-22(13)6-7-24-16/h2-9H,1H3,(H,20,23)/b5-4+. The number of thiazole rings is 1. The van der Waals surface area contributed by atoms with Gasteiger partial charge in [-0.25, -0.2) is 13.8 Å². The van der Waals surface area contributed by atoms with Crippen LogP contribution >= 0.6 is 22.9 Å². The van der Waals surface area contributed by atoms with Crippen LogP contribution in [0.3, 0.4) is 0 Å². The zero-order valence-corrected chi connectivity index (χ0v) is 14.0. The average molecular weight is 368 g/mol. The molecule has 1 atom stereocenters. The molecule has 1 aromatic carbocycles. The van der Waals surface area contributed by atoms with Gasteiger partial charge in [-0.05, 0) is 19.1 Å². The summed E-state index contributed by atoms with van der Waals surface area (Å²) in [5, 5.41) is 4.77. The minimum absolute atomic E-state index is 0.209. The van der Waals surface area contributed by atoms with E-state index in [1.165, 1.54) is 29.6 Å². The van der Waals surface area contributed by atoms with Crippen molar-refractivity contribution in [2.45, 2.75) is 13.0 Å². The van der Waals surface area contributed by atoms with Crippen molar-refractivity contribution in [2.24, 2.45) is 0 Å². The molecule has 1 N–H and O–H groups in total. The number of amides is 1. The van der Waals surface area contributed by atoms with Crippen LogP contribution in [-0.4, -0.2) is 15.3 Å². The van der Waals surface area contributed by atoms with Crippen LogP contribution in [-0.2, 0) is 4.79 Å². The number of carbonyl (C=O) groups is 1. The highest BCUT2D eigenvalue weighted by atomic mass is 35.5. The molecule has 1 unspecified atom stereocenters. The highest BCUT2D eigenvalue weighted by molar-refractivity contribution is 7.15. The topological polar surface area (TPSA) is 46.4 Å². The van der Waals surface area contributed by atoms with Crippen molar-refractivity contribution < 1.29 is 13.6 Å². The van der Waals surface area contributed by atoms with Gasteiger partial charge in [-0.3, -0.25) is 9.20 Å². The van der Waals surface area contributed by atoms with Crippen LogP contribution in [0.5, 0.6) is 0 Å². The summed E-state index contributed by atoms with van der Waals surface area (Å²) >= 11 is 7.46. The number of hydrogen-bond donors (Lipinski definition) is 1. The number of imidazole rings is 1. The van der Waals surface area contributed by atoms with E-state index in [9.17, 15) is 13.6 Å². The van der Waals surface area contributed by atoms with Crippen molar-refractivity contribution in [1.29, 1.82) is 0 Å². The van der Waals surface area contributed by atoms with Gasteiger partial charge >= 0.3 is 0 Å². The summed E-state index contributed by atoms with van der Waals surface area (Å²) in [5.41, 5.74) is 0.796. The Morgan fingerprint density at radius 2 is 2.25 bits per heavy atom. The number of benzene rings is 1. The number of carbonyl (C=O) groups excluding carboxylic acids is 1. The van der Waals surface area contributed by atoms with E-state index in [-0.39, 0.29) is 5.56 Å². The lowest BCUT2D eigenvalue weighted by molar-refractivity contribution is -0.117. The van der Waals surface area contributed by atoms with Crippen LogP contribution in [0, 0.1) is 11.6 Å². The SMILES string of the molecule is CC(NC(=O)/C=C/c1c(Cl)nc2sccn12)c1ccc(F)cc1F. The molecule has 0 fully saturated rings. The quantitative estimate of drug-likeness (QED) is 0.702. The van der Waals surface area contributed by atoms with Crippen LogP contribution in [0.2, 0.25) is 5.15 Å². The fraction of sp³-hybridized carbons (Fsp3) is 0.125. The number of rotatable bonds is 4. The lowest BCUT2D eigenvalue weighted by atomic mass is 10.1. The Hall–Kier alpha value is -2.25. The number of nitrogens with zero attached hydrogens (tertiary/aromatic N) is 2. The van der Waals surface area contributed by atoms with Crippen molar-refractivity contribution in [3.05, 3.63) is 63.9 Å². The van der Waals surface area contributed by atoms with E-state index in [1.54, 1.807) is 17.5 Å². The third-order valence-electron chi connectivity index (χ3n) is 3.43. The molecule has 2 aromatic heterocycles. The molecule has 0 spiro atoms. The van der Waals surface area contributed by atoms with Gasteiger partial charge in [0.05, 0.1) is 11.7 Å². The van der Waals surface area contributed by atoms with Crippen LogP contribution in [0.15, 0.2) is 35.9 Å². The Balaban J connectivity index is 1.73. The number of halogens is 3. The maximum absolute atomic E-state index is 13.7. The van der Waals surface area contributed by atoms with E-state index in [0.29, 0.717) is 10.8 Å². The molecule has 1 amide bonds. The van der Waals surface area contributed by atoms with E-state index >= 15 is 0 Å². The first-order valence-corrected chi connectivity index (χ1v) is 8.26. The van der Waals surface area contributed by atoms with Crippen LogP contribution in [0.1, 0.15) is 24.2 Å². The second-order valence-corrected chi connectivity index (χ2v) is 6.30. The third-order valence-corrected chi connectivity index (χ3v) is 4.47. The molecule has 8 heteroatoms. The molecule has 0 aliphatic heterocycles. The first-order valence-electron chi connectivity index (χ1n) is 7.00. The third kappa shape index (κ3) is 3.32. The molecule has 0 bridgehead atoms. The van der Waals surface area contributed by atoms with E-state index in [2.05, 4.69) is 10.3 Å². The van der Waals surface area contributed by atoms with Gasteiger partial charge in [0.15, 0.2) is 10.1 Å². The van der Waals surface area contributed by atoms with Crippen molar-refractivity contribution in [1.82, 2.24) is 14.7 Å². The van der Waals surface area contributed by atoms with Crippen molar-refractivity contribution in [2.75, 3.05) is 0 Å². The molecule has 0 saturated heterocycles. The van der Waals surface area contributed by atoms with E-state index in [4.69, 9.17) is 11.6 Å². The minimum Gasteiger partial charge on any atom is -0.346 e. The van der Waals surface area contributed by atoms with E-state index < -0.39 is 23.6 Å². The Kier molecular flexibility index (Phi) is 4.64. The summed E-state index contributed by atoms with van der Waals surface area (Å²) in [5.74, 6) is -1.79. The molecule has 3 rings (SSSR count). The molecule has 0 saturated carbocycles. The molecular formula is C16H12ClF2N3OS. The summed E-state index contributed by atoms with van der Waals surface area (Å²) in [6.07, 6.45) is 4.63. The highest BCUT2D eigenvalue weighted by Gasteiger charge is 2.14.